The van der Waals surface area contributed by atoms with Crippen LogP contribution in [-0.2, 0) is 6.42 Å². The first-order chi connectivity index (χ1) is 7.83. The predicted molar refractivity (Wildman–Crippen MR) is 68.5 cm³/mol. The van der Waals surface area contributed by atoms with Crippen LogP contribution in [0.2, 0.25) is 0 Å². The quantitative estimate of drug-likeness (QED) is 0.827. The van der Waals surface area contributed by atoms with Gasteiger partial charge in [0.15, 0.2) is 0 Å². The fourth-order valence-electron chi connectivity index (χ4n) is 2.04. The average molecular weight is 214 g/mol. The van der Waals surface area contributed by atoms with Crippen LogP contribution in [0, 0.1) is 5.92 Å². The third-order valence-corrected chi connectivity index (χ3v) is 3.17. The molecule has 0 fully saturated rings. The van der Waals surface area contributed by atoms with Gasteiger partial charge in [-0.3, -0.25) is 0 Å². The summed E-state index contributed by atoms with van der Waals surface area (Å²) in [5.74, 6) is 0.390. The van der Waals surface area contributed by atoms with Crippen LogP contribution in [0.5, 0.6) is 0 Å². The summed E-state index contributed by atoms with van der Waals surface area (Å²) < 4.78 is 0. The third kappa shape index (κ3) is 2.42. The lowest BCUT2D eigenvalue weighted by Crippen LogP contribution is -2.07. The molecule has 0 bridgehead atoms. The van der Waals surface area contributed by atoms with Gasteiger partial charge in [0.05, 0.1) is 0 Å². The van der Waals surface area contributed by atoms with Crippen LogP contribution >= 0.6 is 0 Å². The van der Waals surface area contributed by atoms with Crippen molar-refractivity contribution in [2.45, 2.75) is 19.8 Å². The maximum absolute atomic E-state index is 9.20. The second-order valence-corrected chi connectivity index (χ2v) is 4.34. The summed E-state index contributed by atoms with van der Waals surface area (Å²) in [6, 6.07) is 14.9. The van der Waals surface area contributed by atoms with Crippen molar-refractivity contribution in [1.82, 2.24) is 0 Å². The van der Waals surface area contributed by atoms with Gasteiger partial charge in [-0.25, -0.2) is 0 Å². The molecular weight excluding hydrogens is 196 g/mol. The van der Waals surface area contributed by atoms with Gasteiger partial charge in [-0.05, 0) is 28.7 Å². The van der Waals surface area contributed by atoms with Crippen molar-refractivity contribution < 1.29 is 5.11 Å². The highest BCUT2D eigenvalue weighted by Gasteiger charge is 2.06. The van der Waals surface area contributed by atoms with Gasteiger partial charge in [-0.1, -0.05) is 55.8 Å². The third-order valence-electron chi connectivity index (χ3n) is 3.17. The van der Waals surface area contributed by atoms with Gasteiger partial charge in [0, 0.05) is 6.61 Å². The van der Waals surface area contributed by atoms with Crippen molar-refractivity contribution in [3.05, 3.63) is 48.0 Å². The molecule has 0 saturated carbocycles. The summed E-state index contributed by atoms with van der Waals surface area (Å²) >= 11 is 0. The summed E-state index contributed by atoms with van der Waals surface area (Å²) in [5.41, 5.74) is 1.32. The minimum atomic E-state index is 0.281. The zero-order chi connectivity index (χ0) is 11.4. The Morgan fingerprint density at radius 2 is 1.81 bits per heavy atom. The molecule has 0 aliphatic heterocycles. The monoisotopic (exact) mass is 214 g/mol. The Balaban J connectivity index is 2.25. The second kappa shape index (κ2) is 5.13. The van der Waals surface area contributed by atoms with E-state index in [-0.39, 0.29) is 6.61 Å². The second-order valence-electron chi connectivity index (χ2n) is 4.34. The van der Waals surface area contributed by atoms with Gasteiger partial charge in [0.1, 0.15) is 0 Å². The largest absolute Gasteiger partial charge is 0.396 e. The molecule has 0 aliphatic carbocycles. The molecular formula is C15H18O. The minimum Gasteiger partial charge on any atom is -0.396 e. The van der Waals surface area contributed by atoms with Gasteiger partial charge < -0.3 is 5.11 Å². The van der Waals surface area contributed by atoms with E-state index in [1.807, 2.05) is 0 Å². The van der Waals surface area contributed by atoms with Crippen LogP contribution in [0.15, 0.2) is 42.5 Å². The smallest absolute Gasteiger partial charge is 0.0462 e. The highest BCUT2D eigenvalue weighted by molar-refractivity contribution is 5.82. The van der Waals surface area contributed by atoms with E-state index in [0.717, 1.165) is 12.8 Å². The molecule has 0 radical (unpaired) electrons. The molecule has 1 unspecified atom stereocenters. The van der Waals surface area contributed by atoms with Crippen molar-refractivity contribution in [1.29, 1.82) is 0 Å². The lowest BCUT2D eigenvalue weighted by atomic mass is 9.96. The number of rotatable bonds is 4. The molecule has 1 nitrogen and oxygen atoms in total. The summed E-state index contributed by atoms with van der Waals surface area (Å²) in [5, 5.41) is 11.8. The van der Waals surface area contributed by atoms with E-state index >= 15 is 0 Å². The standard InChI is InChI=1S/C15H18O/c1-2-12(11-16)9-13-7-8-14-5-3-4-6-15(14)10-13/h3-8,10,12,16H,2,9,11H2,1H3. The fourth-order valence-corrected chi connectivity index (χ4v) is 2.04. The average Bonchev–Trinajstić information content (AvgIpc) is 2.35. The van der Waals surface area contributed by atoms with E-state index in [4.69, 9.17) is 0 Å². The summed E-state index contributed by atoms with van der Waals surface area (Å²) in [7, 11) is 0. The number of hydrogen-bond donors (Lipinski definition) is 1. The molecule has 84 valence electrons. The van der Waals surface area contributed by atoms with Crippen LogP contribution in [0.3, 0.4) is 0 Å². The molecule has 2 rings (SSSR count). The normalized spacial score (nSPS) is 12.9. The van der Waals surface area contributed by atoms with Crippen LogP contribution in [0.1, 0.15) is 18.9 Å². The first kappa shape index (κ1) is 11.2. The Bertz CT molecular complexity index is 458. The lowest BCUT2D eigenvalue weighted by molar-refractivity contribution is 0.222. The molecule has 0 amide bonds. The predicted octanol–water partition coefficient (Wildman–Crippen LogP) is 3.40. The number of aliphatic hydroxyl groups is 1. The molecule has 1 N–H and O–H groups in total. The molecule has 0 aliphatic rings. The lowest BCUT2D eigenvalue weighted by Gasteiger charge is -2.11. The molecule has 1 atom stereocenters. The zero-order valence-electron chi connectivity index (χ0n) is 9.69. The van der Waals surface area contributed by atoms with Crippen molar-refractivity contribution in [2.24, 2.45) is 5.92 Å². The molecule has 16 heavy (non-hydrogen) atoms. The highest BCUT2D eigenvalue weighted by atomic mass is 16.3. The summed E-state index contributed by atoms with van der Waals surface area (Å²) in [6.45, 7) is 2.41. The Hall–Kier alpha value is -1.34. The van der Waals surface area contributed by atoms with Gasteiger partial charge in [-0.2, -0.15) is 0 Å². The van der Waals surface area contributed by atoms with Crippen LogP contribution in [0.4, 0.5) is 0 Å². The molecule has 0 heterocycles. The number of aliphatic hydroxyl groups excluding tert-OH is 1. The van der Waals surface area contributed by atoms with E-state index in [9.17, 15) is 5.11 Å². The van der Waals surface area contributed by atoms with Gasteiger partial charge in [-0.15, -0.1) is 0 Å². The number of hydrogen-bond acceptors (Lipinski definition) is 1. The maximum Gasteiger partial charge on any atom is 0.0462 e. The molecule has 1 heteroatoms. The van der Waals surface area contributed by atoms with Crippen molar-refractivity contribution >= 4 is 10.8 Å². The van der Waals surface area contributed by atoms with Crippen molar-refractivity contribution in [3.63, 3.8) is 0 Å². The highest BCUT2D eigenvalue weighted by Crippen LogP contribution is 2.18. The van der Waals surface area contributed by atoms with Gasteiger partial charge in [0.25, 0.3) is 0 Å². The molecule has 0 spiro atoms. The fraction of sp³-hybridized carbons (Fsp3) is 0.333. The first-order valence-electron chi connectivity index (χ1n) is 5.92. The van der Waals surface area contributed by atoms with Crippen LogP contribution in [0.25, 0.3) is 10.8 Å². The Labute approximate surface area is 96.7 Å². The minimum absolute atomic E-state index is 0.281. The number of fused-ring (bicyclic) bond motifs is 1. The van der Waals surface area contributed by atoms with E-state index in [1.165, 1.54) is 16.3 Å². The van der Waals surface area contributed by atoms with Gasteiger partial charge >= 0.3 is 0 Å². The zero-order valence-corrected chi connectivity index (χ0v) is 9.69. The van der Waals surface area contributed by atoms with Crippen LogP contribution in [-0.4, -0.2) is 11.7 Å². The Morgan fingerprint density at radius 3 is 2.50 bits per heavy atom. The summed E-state index contributed by atoms with van der Waals surface area (Å²) in [4.78, 5) is 0. The molecule has 2 aromatic rings. The van der Waals surface area contributed by atoms with Crippen molar-refractivity contribution in [2.75, 3.05) is 6.61 Å². The van der Waals surface area contributed by atoms with Gasteiger partial charge in [0.2, 0.25) is 0 Å². The first-order valence-corrected chi connectivity index (χ1v) is 5.92. The molecule has 0 saturated heterocycles. The molecule has 2 aromatic carbocycles. The Morgan fingerprint density at radius 1 is 1.06 bits per heavy atom. The van der Waals surface area contributed by atoms with E-state index in [2.05, 4.69) is 49.4 Å². The van der Waals surface area contributed by atoms with E-state index < -0.39 is 0 Å². The van der Waals surface area contributed by atoms with Crippen LogP contribution < -0.4 is 0 Å². The SMILES string of the molecule is CCC(CO)Cc1ccc2ccccc2c1. The van der Waals surface area contributed by atoms with E-state index in [1.54, 1.807) is 0 Å². The number of benzene rings is 2. The maximum atomic E-state index is 9.20. The Kier molecular flexibility index (Phi) is 3.58. The topological polar surface area (TPSA) is 20.2 Å². The van der Waals surface area contributed by atoms with E-state index in [0.29, 0.717) is 5.92 Å². The molecule has 0 aromatic heterocycles. The van der Waals surface area contributed by atoms with Crippen molar-refractivity contribution in [3.8, 4) is 0 Å². The summed E-state index contributed by atoms with van der Waals surface area (Å²) in [6.07, 6.45) is 2.00.